The first-order chi connectivity index (χ1) is 6.72. The zero-order valence-electron chi connectivity index (χ0n) is 8.38. The number of methoxy groups -OCH3 is 1. The third-order valence-corrected chi connectivity index (χ3v) is 2.19. The molecule has 0 saturated carbocycles. The summed E-state index contributed by atoms with van der Waals surface area (Å²) in [5.41, 5.74) is 3.13. The fourth-order valence-electron chi connectivity index (χ4n) is 1.34. The van der Waals surface area contributed by atoms with Crippen molar-refractivity contribution < 1.29 is 9.13 Å². The van der Waals surface area contributed by atoms with Crippen molar-refractivity contribution in [2.24, 2.45) is 5.84 Å². The number of hydrogen-bond acceptors (Lipinski definition) is 3. The second kappa shape index (κ2) is 4.93. The lowest BCUT2D eigenvalue weighted by molar-refractivity contribution is 0.409. The van der Waals surface area contributed by atoms with E-state index in [-0.39, 0.29) is 11.9 Å². The molecule has 0 aromatic heterocycles. The van der Waals surface area contributed by atoms with E-state index in [0.717, 1.165) is 6.42 Å². The lowest BCUT2D eigenvalue weighted by Crippen LogP contribution is -2.28. The van der Waals surface area contributed by atoms with E-state index >= 15 is 0 Å². The predicted molar refractivity (Wildman–Crippen MR) is 53.3 cm³/mol. The molecule has 1 aromatic rings. The van der Waals surface area contributed by atoms with Crippen molar-refractivity contribution in [3.05, 3.63) is 29.6 Å². The Morgan fingerprint density at radius 2 is 2.29 bits per heavy atom. The number of nitrogens with one attached hydrogen (secondary N) is 1. The standard InChI is InChI=1S/C10H15FN2O/c1-3-10(13-12)8-5-4-7(14-2)6-9(8)11/h4-6,10,13H,3,12H2,1-2H3. The lowest BCUT2D eigenvalue weighted by atomic mass is 10.0. The van der Waals surface area contributed by atoms with Crippen LogP contribution < -0.4 is 16.0 Å². The third-order valence-electron chi connectivity index (χ3n) is 2.19. The smallest absolute Gasteiger partial charge is 0.131 e. The molecule has 3 nitrogen and oxygen atoms in total. The van der Waals surface area contributed by atoms with Crippen molar-refractivity contribution in [2.45, 2.75) is 19.4 Å². The summed E-state index contributed by atoms with van der Waals surface area (Å²) in [6.07, 6.45) is 0.736. The molecule has 1 rings (SSSR count). The van der Waals surface area contributed by atoms with Gasteiger partial charge in [0.05, 0.1) is 7.11 Å². The zero-order valence-corrected chi connectivity index (χ0v) is 8.38. The summed E-state index contributed by atoms with van der Waals surface area (Å²) in [6, 6.07) is 4.61. The molecule has 1 atom stereocenters. The van der Waals surface area contributed by atoms with Crippen molar-refractivity contribution in [3.63, 3.8) is 0 Å². The second-order valence-electron chi connectivity index (χ2n) is 3.01. The quantitative estimate of drug-likeness (QED) is 0.572. The molecule has 78 valence electrons. The Kier molecular flexibility index (Phi) is 3.85. The minimum Gasteiger partial charge on any atom is -0.497 e. The average Bonchev–Trinajstić information content (AvgIpc) is 2.22. The summed E-state index contributed by atoms with van der Waals surface area (Å²) >= 11 is 0. The van der Waals surface area contributed by atoms with Crippen LogP contribution in [0.25, 0.3) is 0 Å². The van der Waals surface area contributed by atoms with Gasteiger partial charge in [0, 0.05) is 17.7 Å². The van der Waals surface area contributed by atoms with Gasteiger partial charge in [-0.25, -0.2) is 4.39 Å². The van der Waals surface area contributed by atoms with Gasteiger partial charge in [0.15, 0.2) is 0 Å². The maximum atomic E-state index is 13.5. The molecule has 0 radical (unpaired) electrons. The van der Waals surface area contributed by atoms with Crippen LogP contribution in [0.2, 0.25) is 0 Å². The van der Waals surface area contributed by atoms with E-state index in [1.54, 1.807) is 12.1 Å². The monoisotopic (exact) mass is 198 g/mol. The van der Waals surface area contributed by atoms with Crippen LogP contribution in [0.4, 0.5) is 4.39 Å². The highest BCUT2D eigenvalue weighted by molar-refractivity contribution is 5.30. The molecule has 3 N–H and O–H groups in total. The molecule has 0 spiro atoms. The van der Waals surface area contributed by atoms with E-state index in [0.29, 0.717) is 11.3 Å². The number of nitrogens with two attached hydrogens (primary N) is 1. The molecule has 0 bridgehead atoms. The Labute approximate surface area is 83.0 Å². The highest BCUT2D eigenvalue weighted by Gasteiger charge is 2.12. The molecular weight excluding hydrogens is 183 g/mol. The van der Waals surface area contributed by atoms with Gasteiger partial charge in [-0.2, -0.15) is 0 Å². The van der Waals surface area contributed by atoms with Gasteiger partial charge in [-0.3, -0.25) is 11.3 Å². The number of rotatable bonds is 4. The molecule has 0 aliphatic heterocycles. The van der Waals surface area contributed by atoms with Crippen LogP contribution >= 0.6 is 0 Å². The molecule has 4 heteroatoms. The summed E-state index contributed by atoms with van der Waals surface area (Å²) in [7, 11) is 1.51. The van der Waals surface area contributed by atoms with Gasteiger partial charge in [-0.15, -0.1) is 0 Å². The molecule has 0 fully saturated rings. The van der Waals surface area contributed by atoms with E-state index in [1.807, 2.05) is 6.92 Å². The van der Waals surface area contributed by atoms with Crippen molar-refractivity contribution in [3.8, 4) is 5.75 Å². The largest absolute Gasteiger partial charge is 0.497 e. The van der Waals surface area contributed by atoms with Gasteiger partial charge in [-0.05, 0) is 12.5 Å². The van der Waals surface area contributed by atoms with Gasteiger partial charge in [0.1, 0.15) is 11.6 Å². The van der Waals surface area contributed by atoms with Crippen LogP contribution in [0.15, 0.2) is 18.2 Å². The normalized spacial score (nSPS) is 12.6. The fraction of sp³-hybridized carbons (Fsp3) is 0.400. The van der Waals surface area contributed by atoms with Crippen molar-refractivity contribution >= 4 is 0 Å². The van der Waals surface area contributed by atoms with Crippen LogP contribution in [-0.2, 0) is 0 Å². The predicted octanol–water partition coefficient (Wildman–Crippen LogP) is 1.75. The molecule has 0 aliphatic carbocycles. The van der Waals surface area contributed by atoms with Crippen LogP contribution in [0.1, 0.15) is 24.9 Å². The molecular formula is C10H15FN2O. The minimum atomic E-state index is -0.297. The Balaban J connectivity index is 2.98. The van der Waals surface area contributed by atoms with Gasteiger partial charge in [0.25, 0.3) is 0 Å². The van der Waals surface area contributed by atoms with Gasteiger partial charge in [0.2, 0.25) is 0 Å². The van der Waals surface area contributed by atoms with Gasteiger partial charge in [-0.1, -0.05) is 13.0 Å². The van der Waals surface area contributed by atoms with Gasteiger partial charge < -0.3 is 4.74 Å². The zero-order chi connectivity index (χ0) is 10.6. The fourth-order valence-corrected chi connectivity index (χ4v) is 1.34. The van der Waals surface area contributed by atoms with Crippen LogP contribution in [0.3, 0.4) is 0 Å². The maximum Gasteiger partial charge on any atom is 0.131 e. The lowest BCUT2D eigenvalue weighted by Gasteiger charge is -2.15. The van der Waals surface area contributed by atoms with Crippen LogP contribution in [0.5, 0.6) is 5.75 Å². The summed E-state index contributed by atoms with van der Waals surface area (Å²) in [4.78, 5) is 0. The molecule has 0 saturated heterocycles. The van der Waals surface area contributed by atoms with E-state index in [9.17, 15) is 4.39 Å². The molecule has 1 aromatic carbocycles. The topological polar surface area (TPSA) is 47.3 Å². The first-order valence-corrected chi connectivity index (χ1v) is 4.52. The Morgan fingerprint density at radius 3 is 2.71 bits per heavy atom. The van der Waals surface area contributed by atoms with Crippen LogP contribution in [0, 0.1) is 5.82 Å². The van der Waals surface area contributed by atoms with E-state index < -0.39 is 0 Å². The molecule has 0 heterocycles. The SMILES string of the molecule is CCC(NN)c1ccc(OC)cc1F. The van der Waals surface area contributed by atoms with Crippen molar-refractivity contribution in [2.75, 3.05) is 7.11 Å². The number of halogens is 1. The minimum absolute atomic E-state index is 0.152. The first kappa shape index (κ1) is 10.9. The third kappa shape index (κ3) is 2.21. The second-order valence-corrected chi connectivity index (χ2v) is 3.01. The number of hydrogen-bond donors (Lipinski definition) is 2. The first-order valence-electron chi connectivity index (χ1n) is 4.52. The summed E-state index contributed by atoms with van der Waals surface area (Å²) in [5.74, 6) is 5.52. The molecule has 0 amide bonds. The number of benzene rings is 1. The maximum absolute atomic E-state index is 13.5. The Morgan fingerprint density at radius 1 is 1.57 bits per heavy atom. The van der Waals surface area contributed by atoms with Crippen LogP contribution in [-0.4, -0.2) is 7.11 Å². The summed E-state index contributed by atoms with van der Waals surface area (Å²) in [6.45, 7) is 1.94. The molecule has 0 aliphatic rings. The van der Waals surface area contributed by atoms with E-state index in [2.05, 4.69) is 5.43 Å². The van der Waals surface area contributed by atoms with Crippen molar-refractivity contribution in [1.29, 1.82) is 0 Å². The highest BCUT2D eigenvalue weighted by Crippen LogP contribution is 2.23. The van der Waals surface area contributed by atoms with E-state index in [4.69, 9.17) is 10.6 Å². The summed E-state index contributed by atoms with van der Waals surface area (Å²) < 4.78 is 18.4. The van der Waals surface area contributed by atoms with E-state index in [1.165, 1.54) is 13.2 Å². The highest BCUT2D eigenvalue weighted by atomic mass is 19.1. The van der Waals surface area contributed by atoms with Gasteiger partial charge >= 0.3 is 0 Å². The molecule has 14 heavy (non-hydrogen) atoms. The Hall–Kier alpha value is -1.13. The number of hydrazine groups is 1. The Bertz CT molecular complexity index is 300. The molecule has 1 unspecified atom stereocenters. The average molecular weight is 198 g/mol. The van der Waals surface area contributed by atoms with Crippen molar-refractivity contribution in [1.82, 2.24) is 5.43 Å². The summed E-state index contributed by atoms with van der Waals surface area (Å²) in [5, 5.41) is 0. The number of ether oxygens (including phenoxy) is 1.